The van der Waals surface area contributed by atoms with E-state index >= 15 is 0 Å². The summed E-state index contributed by atoms with van der Waals surface area (Å²) in [5, 5.41) is 5.84. The Morgan fingerprint density at radius 2 is 1.87 bits per heavy atom. The quantitative estimate of drug-likeness (QED) is 0.504. The lowest BCUT2D eigenvalue weighted by atomic mass is 10.2. The number of carbonyl (C=O) groups excluding carboxylic acids is 2. The van der Waals surface area contributed by atoms with Crippen molar-refractivity contribution in [2.45, 2.75) is 39.5 Å². The molecule has 30 heavy (non-hydrogen) atoms. The Morgan fingerprint density at radius 3 is 2.47 bits per heavy atom. The summed E-state index contributed by atoms with van der Waals surface area (Å²) in [6, 6.07) is 0.639. The maximum atomic E-state index is 12.9. The first kappa shape index (κ1) is 23.5. The van der Waals surface area contributed by atoms with Gasteiger partial charge in [0.1, 0.15) is 21.3 Å². The second-order valence-electron chi connectivity index (χ2n) is 6.84. The lowest BCUT2D eigenvalue weighted by Gasteiger charge is -2.18. The number of nitrogens with one attached hydrogen (secondary N) is 2. The highest BCUT2D eigenvalue weighted by molar-refractivity contribution is 7.15. The van der Waals surface area contributed by atoms with Gasteiger partial charge in [0.2, 0.25) is 0 Å². The molecule has 13 heteroatoms. The van der Waals surface area contributed by atoms with Crippen molar-refractivity contribution in [2.24, 2.45) is 5.10 Å². The van der Waals surface area contributed by atoms with Crippen molar-refractivity contribution >= 4 is 46.5 Å². The molecule has 2 aromatic rings. The van der Waals surface area contributed by atoms with E-state index < -0.39 is 34.4 Å². The Balaban J connectivity index is 2.08. The summed E-state index contributed by atoms with van der Waals surface area (Å²) >= 11 is 6.43. The SMILES string of the molecule is CC(=NNC(=O)OC(C)(C)C)c1ncc(C(=O)Nc2cc(C(F)(F)F)c(Cl)cn2)s1. The summed E-state index contributed by atoms with van der Waals surface area (Å²) in [4.78, 5) is 31.7. The Bertz CT molecular complexity index is 986. The lowest BCUT2D eigenvalue weighted by Crippen LogP contribution is -2.30. The summed E-state index contributed by atoms with van der Waals surface area (Å²) < 4.78 is 43.8. The van der Waals surface area contributed by atoms with Gasteiger partial charge in [0.25, 0.3) is 5.91 Å². The first-order valence-electron chi connectivity index (χ1n) is 8.30. The first-order valence-corrected chi connectivity index (χ1v) is 9.49. The molecule has 0 aliphatic heterocycles. The molecule has 2 rings (SSSR count). The fourth-order valence-corrected chi connectivity index (χ4v) is 2.89. The monoisotopic (exact) mass is 463 g/mol. The second kappa shape index (κ2) is 8.96. The van der Waals surface area contributed by atoms with Gasteiger partial charge in [0.15, 0.2) is 0 Å². The number of alkyl halides is 3. The van der Waals surface area contributed by atoms with Crippen LogP contribution in [0.4, 0.5) is 23.8 Å². The van der Waals surface area contributed by atoms with Gasteiger partial charge in [0, 0.05) is 6.20 Å². The number of anilines is 1. The zero-order chi connectivity index (χ0) is 22.7. The number of carbonyl (C=O) groups is 2. The molecule has 0 spiro atoms. The number of amides is 2. The van der Waals surface area contributed by atoms with Gasteiger partial charge in [0.05, 0.1) is 22.5 Å². The summed E-state index contributed by atoms with van der Waals surface area (Å²) in [6.07, 6.45) is -3.42. The van der Waals surface area contributed by atoms with E-state index in [1.165, 1.54) is 6.20 Å². The fraction of sp³-hybridized carbons (Fsp3) is 0.353. The molecule has 0 aliphatic carbocycles. The van der Waals surface area contributed by atoms with Crippen molar-refractivity contribution in [1.29, 1.82) is 0 Å². The molecule has 0 fully saturated rings. The Morgan fingerprint density at radius 1 is 1.20 bits per heavy atom. The molecule has 2 amide bonds. The number of aromatic nitrogens is 2. The third kappa shape index (κ3) is 6.66. The number of thiazole rings is 1. The van der Waals surface area contributed by atoms with Gasteiger partial charge in [-0.05, 0) is 33.8 Å². The Hall–Kier alpha value is -2.73. The molecule has 8 nitrogen and oxygen atoms in total. The maximum Gasteiger partial charge on any atom is 0.428 e. The molecule has 162 valence electrons. The highest BCUT2D eigenvalue weighted by Crippen LogP contribution is 2.35. The summed E-state index contributed by atoms with van der Waals surface area (Å²) in [5.41, 5.74) is 0.697. The van der Waals surface area contributed by atoms with E-state index in [1.54, 1.807) is 27.7 Å². The highest BCUT2D eigenvalue weighted by Gasteiger charge is 2.34. The van der Waals surface area contributed by atoms with Gasteiger partial charge >= 0.3 is 12.3 Å². The minimum Gasteiger partial charge on any atom is -0.443 e. The number of ether oxygens (including phenoxy) is 1. The average Bonchev–Trinajstić information content (AvgIpc) is 3.09. The zero-order valence-corrected chi connectivity index (χ0v) is 17.8. The maximum absolute atomic E-state index is 12.9. The van der Waals surface area contributed by atoms with E-state index in [-0.39, 0.29) is 10.7 Å². The van der Waals surface area contributed by atoms with Crippen LogP contribution in [0.2, 0.25) is 5.02 Å². The molecule has 0 aromatic carbocycles. The highest BCUT2D eigenvalue weighted by atomic mass is 35.5. The van der Waals surface area contributed by atoms with Crippen molar-refractivity contribution in [3.05, 3.63) is 38.9 Å². The van der Waals surface area contributed by atoms with Gasteiger partial charge in [-0.2, -0.15) is 18.3 Å². The first-order chi connectivity index (χ1) is 13.8. The standard InChI is InChI=1S/C17H17ClF3N5O3S/c1-8(25-26-15(28)29-16(2,3)4)14-23-7-11(30-14)13(27)24-12-5-9(17(19,20)21)10(18)6-22-12/h5-7H,1-4H3,(H,26,28)(H,22,24,27). The molecule has 2 heterocycles. The van der Waals surface area contributed by atoms with Crippen LogP contribution in [-0.2, 0) is 10.9 Å². The van der Waals surface area contributed by atoms with Gasteiger partial charge < -0.3 is 10.1 Å². The summed E-state index contributed by atoms with van der Waals surface area (Å²) in [5.74, 6) is -1.03. The number of rotatable bonds is 4. The molecule has 0 radical (unpaired) electrons. The van der Waals surface area contributed by atoms with Crippen LogP contribution >= 0.6 is 22.9 Å². The fourth-order valence-electron chi connectivity index (χ4n) is 1.93. The van der Waals surface area contributed by atoms with E-state index in [0.29, 0.717) is 16.8 Å². The minimum atomic E-state index is -4.69. The van der Waals surface area contributed by atoms with Gasteiger partial charge in [-0.1, -0.05) is 11.6 Å². The topological polar surface area (TPSA) is 106 Å². The number of hydrazone groups is 1. The van der Waals surface area contributed by atoms with Gasteiger partial charge in [-0.3, -0.25) is 4.79 Å². The van der Waals surface area contributed by atoms with Crippen LogP contribution in [0.3, 0.4) is 0 Å². The third-order valence-corrected chi connectivity index (χ3v) is 4.56. The van der Waals surface area contributed by atoms with E-state index in [2.05, 4.69) is 25.8 Å². The lowest BCUT2D eigenvalue weighted by molar-refractivity contribution is -0.137. The van der Waals surface area contributed by atoms with Crippen LogP contribution in [0.15, 0.2) is 23.6 Å². The molecule has 0 atom stereocenters. The van der Waals surface area contributed by atoms with Crippen molar-refractivity contribution in [3.8, 4) is 0 Å². The molecular formula is C17H17ClF3N5O3S. The predicted octanol–water partition coefficient (Wildman–Crippen LogP) is 4.71. The van der Waals surface area contributed by atoms with E-state index in [0.717, 1.165) is 17.5 Å². The van der Waals surface area contributed by atoms with Crippen LogP contribution in [0.1, 0.15) is 47.9 Å². The third-order valence-electron chi connectivity index (χ3n) is 3.16. The molecule has 0 bridgehead atoms. The number of nitrogens with zero attached hydrogens (tertiary/aromatic N) is 3. The van der Waals surface area contributed by atoms with Crippen LogP contribution in [-0.4, -0.2) is 33.3 Å². The largest absolute Gasteiger partial charge is 0.443 e. The van der Waals surface area contributed by atoms with Crippen molar-refractivity contribution < 1.29 is 27.5 Å². The second-order valence-corrected chi connectivity index (χ2v) is 8.28. The minimum absolute atomic E-state index is 0.0992. The van der Waals surface area contributed by atoms with Gasteiger partial charge in [-0.25, -0.2) is 20.2 Å². The number of halogens is 4. The number of hydrogen-bond donors (Lipinski definition) is 2. The number of hydrogen-bond acceptors (Lipinski definition) is 7. The van der Waals surface area contributed by atoms with Crippen LogP contribution < -0.4 is 10.7 Å². The van der Waals surface area contributed by atoms with E-state index in [4.69, 9.17) is 16.3 Å². The van der Waals surface area contributed by atoms with Crippen molar-refractivity contribution in [1.82, 2.24) is 15.4 Å². The molecule has 0 unspecified atom stereocenters. The summed E-state index contributed by atoms with van der Waals surface area (Å²) in [7, 11) is 0. The molecule has 0 saturated heterocycles. The average molecular weight is 464 g/mol. The van der Waals surface area contributed by atoms with E-state index in [1.807, 2.05) is 0 Å². The molecule has 2 aromatic heterocycles. The smallest absolute Gasteiger partial charge is 0.428 e. The Labute approximate surface area is 178 Å². The van der Waals surface area contributed by atoms with Crippen molar-refractivity contribution in [3.63, 3.8) is 0 Å². The number of pyridine rings is 1. The van der Waals surface area contributed by atoms with Crippen LogP contribution in [0.25, 0.3) is 0 Å². The summed E-state index contributed by atoms with van der Waals surface area (Å²) in [6.45, 7) is 6.64. The predicted molar refractivity (Wildman–Crippen MR) is 106 cm³/mol. The van der Waals surface area contributed by atoms with Crippen LogP contribution in [0, 0.1) is 0 Å². The zero-order valence-electron chi connectivity index (χ0n) is 16.2. The Kier molecular flexibility index (Phi) is 7.03. The van der Waals surface area contributed by atoms with Crippen molar-refractivity contribution in [2.75, 3.05) is 5.32 Å². The molecule has 0 saturated carbocycles. The van der Waals surface area contributed by atoms with Crippen LogP contribution in [0.5, 0.6) is 0 Å². The molecular weight excluding hydrogens is 447 g/mol. The van der Waals surface area contributed by atoms with Gasteiger partial charge in [-0.15, -0.1) is 11.3 Å². The van der Waals surface area contributed by atoms with E-state index in [9.17, 15) is 22.8 Å². The normalized spacial score (nSPS) is 12.5. The molecule has 0 aliphatic rings. The molecule has 2 N–H and O–H groups in total.